The lowest BCUT2D eigenvalue weighted by Crippen LogP contribution is -2.30. The molecule has 3 nitrogen and oxygen atoms in total. The van der Waals surface area contributed by atoms with Crippen molar-refractivity contribution in [3.05, 3.63) is 27.5 Å². The molecule has 0 spiro atoms. The number of carbonyl (C=O) groups excluding carboxylic acids is 1. The highest BCUT2D eigenvalue weighted by Crippen LogP contribution is 2.35. The third-order valence-corrected chi connectivity index (χ3v) is 6.12. The largest absolute Gasteiger partial charge is 0.397 e. The van der Waals surface area contributed by atoms with Crippen molar-refractivity contribution in [1.82, 2.24) is 5.32 Å². The number of hydrogen-bond acceptors (Lipinski definition) is 3. The van der Waals surface area contributed by atoms with Gasteiger partial charge in [0.25, 0.3) is 5.91 Å². The Labute approximate surface area is 137 Å². The summed E-state index contributed by atoms with van der Waals surface area (Å²) in [5.74, 6) is 1.28. The summed E-state index contributed by atoms with van der Waals surface area (Å²) < 4.78 is 2.05. The second kappa shape index (κ2) is 5.97. The van der Waals surface area contributed by atoms with Gasteiger partial charge >= 0.3 is 0 Å². The predicted octanol–water partition coefficient (Wildman–Crippen LogP) is 4.41. The van der Waals surface area contributed by atoms with Crippen LogP contribution in [0.3, 0.4) is 0 Å². The van der Waals surface area contributed by atoms with Gasteiger partial charge in [0.2, 0.25) is 0 Å². The topological polar surface area (TPSA) is 55.1 Å². The number of hydrogen-bond donors (Lipinski definition) is 2. The van der Waals surface area contributed by atoms with Crippen LogP contribution in [-0.2, 0) is 0 Å². The molecular weight excluding hydrogens is 348 g/mol. The monoisotopic (exact) mass is 366 g/mol. The first-order chi connectivity index (χ1) is 10.1. The molecule has 1 aromatic heterocycles. The maximum Gasteiger partial charge on any atom is 0.263 e. The molecule has 0 saturated heterocycles. The highest BCUT2D eigenvalue weighted by atomic mass is 79.9. The molecule has 3 N–H and O–H groups in total. The second-order valence-corrected chi connectivity index (χ2v) is 7.83. The third-order valence-electron chi connectivity index (χ3n) is 4.46. The Balaban J connectivity index is 1.76. The van der Waals surface area contributed by atoms with E-state index in [9.17, 15) is 4.79 Å². The summed E-state index contributed by atoms with van der Waals surface area (Å²) in [6, 6.07) is 5.92. The lowest BCUT2D eigenvalue weighted by molar-refractivity contribution is 0.0949. The number of rotatable bonds is 3. The van der Waals surface area contributed by atoms with Crippen molar-refractivity contribution in [2.75, 3.05) is 12.3 Å². The Bertz CT molecular complexity index is 682. The van der Waals surface area contributed by atoms with Gasteiger partial charge in [0.15, 0.2) is 0 Å². The molecule has 21 heavy (non-hydrogen) atoms. The minimum atomic E-state index is -0.0380. The van der Waals surface area contributed by atoms with Gasteiger partial charge in [-0.15, -0.1) is 11.3 Å². The number of thiophene rings is 1. The van der Waals surface area contributed by atoms with E-state index < -0.39 is 0 Å². The van der Waals surface area contributed by atoms with Gasteiger partial charge in [0.05, 0.1) is 5.69 Å². The predicted molar refractivity (Wildman–Crippen MR) is 92.8 cm³/mol. The summed E-state index contributed by atoms with van der Waals surface area (Å²) >= 11 is 4.91. The molecule has 0 aliphatic heterocycles. The second-order valence-electron chi connectivity index (χ2n) is 5.86. The smallest absolute Gasteiger partial charge is 0.263 e. The normalized spacial score (nSPS) is 21.8. The van der Waals surface area contributed by atoms with Crippen LogP contribution < -0.4 is 11.1 Å². The lowest BCUT2D eigenvalue weighted by atomic mass is 9.98. The van der Waals surface area contributed by atoms with Crippen molar-refractivity contribution < 1.29 is 4.79 Å². The fourth-order valence-corrected chi connectivity index (χ4v) is 4.68. The van der Waals surface area contributed by atoms with Crippen molar-refractivity contribution in [3.8, 4) is 0 Å². The first kappa shape index (κ1) is 14.9. The van der Waals surface area contributed by atoms with Crippen molar-refractivity contribution in [3.63, 3.8) is 0 Å². The average molecular weight is 367 g/mol. The zero-order valence-electron chi connectivity index (χ0n) is 12.0. The van der Waals surface area contributed by atoms with E-state index in [4.69, 9.17) is 5.73 Å². The van der Waals surface area contributed by atoms with Gasteiger partial charge in [-0.05, 0) is 30.4 Å². The molecule has 5 heteroatoms. The van der Waals surface area contributed by atoms with Crippen LogP contribution in [0.1, 0.15) is 35.9 Å². The quantitative estimate of drug-likeness (QED) is 0.844. The Morgan fingerprint density at radius 2 is 2.29 bits per heavy atom. The summed E-state index contributed by atoms with van der Waals surface area (Å²) in [6.45, 7) is 3.03. The van der Waals surface area contributed by atoms with E-state index in [0.717, 1.165) is 21.1 Å². The van der Waals surface area contributed by atoms with Crippen LogP contribution in [0.15, 0.2) is 22.7 Å². The van der Waals surface area contributed by atoms with E-state index in [-0.39, 0.29) is 5.91 Å². The number of anilines is 1. The Morgan fingerprint density at radius 3 is 3.00 bits per heavy atom. The van der Waals surface area contributed by atoms with E-state index in [1.54, 1.807) is 0 Å². The van der Waals surface area contributed by atoms with Crippen LogP contribution in [0.25, 0.3) is 10.1 Å². The molecule has 2 atom stereocenters. The fraction of sp³-hybridized carbons (Fsp3) is 0.438. The van der Waals surface area contributed by atoms with E-state index in [2.05, 4.69) is 28.2 Å². The van der Waals surface area contributed by atoms with Gasteiger partial charge in [0, 0.05) is 21.1 Å². The molecule has 1 aliphatic carbocycles. The molecule has 0 radical (unpaired) electrons. The summed E-state index contributed by atoms with van der Waals surface area (Å²) in [4.78, 5) is 13.0. The van der Waals surface area contributed by atoms with Crippen LogP contribution >= 0.6 is 27.3 Å². The van der Waals surface area contributed by atoms with E-state index in [1.807, 2.05) is 18.2 Å². The molecule has 1 aliphatic rings. The molecule has 3 rings (SSSR count). The summed E-state index contributed by atoms with van der Waals surface area (Å²) in [5, 5.41) is 4.03. The Kier molecular flexibility index (Phi) is 4.22. The molecule has 1 saturated carbocycles. The first-order valence-corrected chi connectivity index (χ1v) is 8.93. The van der Waals surface area contributed by atoms with Crippen LogP contribution in [0.5, 0.6) is 0 Å². The van der Waals surface area contributed by atoms with Gasteiger partial charge in [0.1, 0.15) is 4.88 Å². The molecule has 1 heterocycles. The maximum absolute atomic E-state index is 12.4. The van der Waals surface area contributed by atoms with Crippen molar-refractivity contribution in [1.29, 1.82) is 0 Å². The molecule has 1 aromatic carbocycles. The summed E-state index contributed by atoms with van der Waals surface area (Å²) in [5.41, 5.74) is 6.73. The number of nitrogens with two attached hydrogens (primary N) is 1. The van der Waals surface area contributed by atoms with Crippen LogP contribution in [0.4, 0.5) is 5.69 Å². The number of nitrogens with one attached hydrogen (secondary N) is 1. The van der Waals surface area contributed by atoms with Gasteiger partial charge < -0.3 is 11.1 Å². The highest BCUT2D eigenvalue weighted by Gasteiger charge is 2.24. The molecule has 1 amide bonds. The van der Waals surface area contributed by atoms with E-state index in [1.165, 1.54) is 30.6 Å². The molecule has 1 fully saturated rings. The van der Waals surface area contributed by atoms with Gasteiger partial charge in [-0.25, -0.2) is 0 Å². The molecule has 0 bridgehead atoms. The number of halogens is 1. The van der Waals surface area contributed by atoms with Crippen molar-refractivity contribution in [2.24, 2.45) is 11.8 Å². The van der Waals surface area contributed by atoms with Gasteiger partial charge in [-0.1, -0.05) is 41.8 Å². The third kappa shape index (κ3) is 2.94. The zero-order chi connectivity index (χ0) is 15.0. The number of fused-ring (bicyclic) bond motifs is 1. The average Bonchev–Trinajstić information content (AvgIpc) is 3.00. The molecular formula is C16H19BrN2OS. The minimum Gasteiger partial charge on any atom is -0.397 e. The number of nitrogen functional groups attached to an aromatic ring is 1. The number of benzene rings is 1. The van der Waals surface area contributed by atoms with Crippen molar-refractivity contribution >= 4 is 48.9 Å². The molecule has 2 aromatic rings. The Morgan fingerprint density at radius 1 is 1.48 bits per heavy atom. The molecule has 112 valence electrons. The lowest BCUT2D eigenvalue weighted by Gasteiger charge is -2.15. The number of carbonyl (C=O) groups is 1. The first-order valence-electron chi connectivity index (χ1n) is 7.32. The zero-order valence-corrected chi connectivity index (χ0v) is 14.4. The highest BCUT2D eigenvalue weighted by molar-refractivity contribution is 9.10. The van der Waals surface area contributed by atoms with E-state index >= 15 is 0 Å². The van der Waals surface area contributed by atoms with Crippen molar-refractivity contribution in [2.45, 2.75) is 26.2 Å². The van der Waals surface area contributed by atoms with Gasteiger partial charge in [-0.3, -0.25) is 4.79 Å². The molecule has 2 unspecified atom stereocenters. The van der Waals surface area contributed by atoms with Crippen LogP contribution in [-0.4, -0.2) is 12.5 Å². The SMILES string of the molecule is CC1CCCC1CNC(=O)c1sc2cc(Br)ccc2c1N. The van der Waals surface area contributed by atoms with Gasteiger partial charge in [-0.2, -0.15) is 0 Å². The minimum absolute atomic E-state index is 0.0380. The summed E-state index contributed by atoms with van der Waals surface area (Å²) in [7, 11) is 0. The standard InChI is InChI=1S/C16H19BrN2OS/c1-9-3-2-4-10(9)8-19-16(20)15-14(18)12-6-5-11(17)7-13(12)21-15/h5-7,9-10H,2-4,8,18H2,1H3,(H,19,20). The Hall–Kier alpha value is -1.07. The summed E-state index contributed by atoms with van der Waals surface area (Å²) in [6.07, 6.45) is 3.77. The van der Waals surface area contributed by atoms with E-state index in [0.29, 0.717) is 22.4 Å². The van der Waals surface area contributed by atoms with Crippen LogP contribution in [0, 0.1) is 11.8 Å². The number of amides is 1. The maximum atomic E-state index is 12.4. The van der Waals surface area contributed by atoms with Crippen LogP contribution in [0.2, 0.25) is 0 Å². The fourth-order valence-electron chi connectivity index (χ4n) is 3.09.